The third-order valence-electron chi connectivity index (χ3n) is 3.84. The van der Waals surface area contributed by atoms with Crippen LogP contribution < -0.4 is 15.5 Å². The van der Waals surface area contributed by atoms with Gasteiger partial charge in [0.2, 0.25) is 0 Å². The quantitative estimate of drug-likeness (QED) is 0.780. The van der Waals surface area contributed by atoms with E-state index in [0.29, 0.717) is 6.54 Å². The monoisotopic (exact) mass is 333 g/mol. The minimum absolute atomic E-state index is 0.0930. The van der Waals surface area contributed by atoms with Crippen LogP contribution in [0.5, 0.6) is 0 Å². The van der Waals surface area contributed by atoms with Crippen LogP contribution in [0.2, 0.25) is 0 Å². The fraction of sp³-hybridized carbons (Fsp3) is 0.650. The Morgan fingerprint density at radius 2 is 1.83 bits per heavy atom. The molecule has 1 aromatic rings. The largest absolute Gasteiger partial charge is 0.370 e. The Bertz CT molecular complexity index is 532. The van der Waals surface area contributed by atoms with Crippen molar-refractivity contribution in [2.24, 2.45) is 5.41 Å². The van der Waals surface area contributed by atoms with Crippen LogP contribution in [-0.4, -0.2) is 31.2 Å². The molecule has 2 N–H and O–H groups in total. The molecule has 2 amide bonds. The van der Waals surface area contributed by atoms with Gasteiger partial charge in [-0.15, -0.1) is 0 Å². The number of aryl methyl sites for hydroxylation is 1. The van der Waals surface area contributed by atoms with Gasteiger partial charge in [0.15, 0.2) is 0 Å². The summed E-state index contributed by atoms with van der Waals surface area (Å²) in [5.74, 6) is 0. The molecule has 0 fully saturated rings. The minimum atomic E-state index is -0.219. The van der Waals surface area contributed by atoms with Crippen molar-refractivity contribution in [2.45, 2.75) is 60.4 Å². The number of likely N-dealkylation sites (N-methyl/N-ethyl adjacent to an activating group) is 1. The molecule has 0 heterocycles. The second-order valence-electron chi connectivity index (χ2n) is 8.42. The standard InChI is InChI=1S/C20H35N3O/c1-8-23(17-11-9-10-16(2)14-17)13-12-21-18(24)22-20(6,7)15-19(3,4)5/h9-11,14H,8,12-13,15H2,1-7H3,(H2,21,22,24). The zero-order chi connectivity index (χ0) is 18.4. The van der Waals surface area contributed by atoms with E-state index in [1.54, 1.807) is 0 Å². The van der Waals surface area contributed by atoms with Crippen molar-refractivity contribution in [1.82, 2.24) is 10.6 Å². The van der Waals surface area contributed by atoms with E-state index in [1.807, 2.05) is 0 Å². The highest BCUT2D eigenvalue weighted by Crippen LogP contribution is 2.26. The Kier molecular flexibility index (Phi) is 7.12. The zero-order valence-electron chi connectivity index (χ0n) is 16.5. The normalized spacial score (nSPS) is 12.0. The fourth-order valence-electron chi connectivity index (χ4n) is 3.32. The summed E-state index contributed by atoms with van der Waals surface area (Å²) in [6, 6.07) is 8.37. The number of urea groups is 1. The molecule has 24 heavy (non-hydrogen) atoms. The highest BCUT2D eigenvalue weighted by molar-refractivity contribution is 5.74. The number of rotatable bonds is 7. The second kappa shape index (κ2) is 8.41. The summed E-state index contributed by atoms with van der Waals surface area (Å²) in [7, 11) is 0. The van der Waals surface area contributed by atoms with Gasteiger partial charge in [0.1, 0.15) is 0 Å². The van der Waals surface area contributed by atoms with Gasteiger partial charge in [0.05, 0.1) is 0 Å². The maximum atomic E-state index is 12.2. The van der Waals surface area contributed by atoms with Crippen molar-refractivity contribution >= 4 is 11.7 Å². The molecule has 4 heteroatoms. The van der Waals surface area contributed by atoms with Crippen LogP contribution in [0.1, 0.15) is 53.5 Å². The average Bonchev–Trinajstić information content (AvgIpc) is 2.40. The Morgan fingerprint density at radius 3 is 2.38 bits per heavy atom. The van der Waals surface area contributed by atoms with E-state index >= 15 is 0 Å². The van der Waals surface area contributed by atoms with Gasteiger partial charge in [0, 0.05) is 30.9 Å². The predicted molar refractivity (Wildman–Crippen MR) is 104 cm³/mol. The highest BCUT2D eigenvalue weighted by atomic mass is 16.2. The number of carbonyl (C=O) groups excluding carboxylic acids is 1. The zero-order valence-corrected chi connectivity index (χ0v) is 16.5. The molecule has 0 aromatic heterocycles. The molecular weight excluding hydrogens is 298 g/mol. The lowest BCUT2D eigenvalue weighted by Crippen LogP contribution is -2.51. The van der Waals surface area contributed by atoms with Crippen molar-refractivity contribution in [2.75, 3.05) is 24.5 Å². The summed E-state index contributed by atoms with van der Waals surface area (Å²) < 4.78 is 0. The molecule has 0 aliphatic heterocycles. The van der Waals surface area contributed by atoms with Crippen molar-refractivity contribution in [1.29, 1.82) is 0 Å². The number of hydrogen-bond acceptors (Lipinski definition) is 2. The predicted octanol–water partition coefficient (Wildman–Crippen LogP) is 4.34. The third kappa shape index (κ3) is 7.71. The van der Waals surface area contributed by atoms with Gasteiger partial charge in [-0.3, -0.25) is 0 Å². The van der Waals surface area contributed by atoms with Gasteiger partial charge < -0.3 is 15.5 Å². The van der Waals surface area contributed by atoms with Crippen LogP contribution in [0.15, 0.2) is 24.3 Å². The van der Waals surface area contributed by atoms with E-state index in [2.05, 4.69) is 88.3 Å². The molecule has 0 saturated heterocycles. The number of benzene rings is 1. The summed E-state index contributed by atoms with van der Waals surface area (Å²) in [5.41, 5.74) is 2.41. The van der Waals surface area contributed by atoms with E-state index in [-0.39, 0.29) is 17.0 Å². The summed E-state index contributed by atoms with van der Waals surface area (Å²) >= 11 is 0. The lowest BCUT2D eigenvalue weighted by atomic mass is 9.82. The lowest BCUT2D eigenvalue weighted by molar-refractivity contribution is 0.211. The van der Waals surface area contributed by atoms with Gasteiger partial charge in [0.25, 0.3) is 0 Å². The topological polar surface area (TPSA) is 44.4 Å². The minimum Gasteiger partial charge on any atom is -0.370 e. The van der Waals surface area contributed by atoms with Crippen LogP contribution in [0.25, 0.3) is 0 Å². The van der Waals surface area contributed by atoms with E-state index in [9.17, 15) is 4.79 Å². The number of carbonyl (C=O) groups is 1. The summed E-state index contributed by atoms with van der Waals surface area (Å²) in [6.07, 6.45) is 0.928. The van der Waals surface area contributed by atoms with E-state index in [1.165, 1.54) is 11.3 Å². The molecule has 0 unspecified atom stereocenters. The highest BCUT2D eigenvalue weighted by Gasteiger charge is 2.26. The maximum Gasteiger partial charge on any atom is 0.315 e. The van der Waals surface area contributed by atoms with Gasteiger partial charge >= 0.3 is 6.03 Å². The number of nitrogens with one attached hydrogen (secondary N) is 2. The van der Waals surface area contributed by atoms with E-state index in [0.717, 1.165) is 19.5 Å². The van der Waals surface area contributed by atoms with Crippen molar-refractivity contribution in [3.8, 4) is 0 Å². The molecule has 0 atom stereocenters. The van der Waals surface area contributed by atoms with Crippen LogP contribution in [0.3, 0.4) is 0 Å². The first-order valence-corrected chi connectivity index (χ1v) is 8.90. The first-order chi connectivity index (χ1) is 11.0. The summed E-state index contributed by atoms with van der Waals surface area (Å²) in [5, 5.41) is 6.07. The van der Waals surface area contributed by atoms with Crippen molar-refractivity contribution in [3.05, 3.63) is 29.8 Å². The van der Waals surface area contributed by atoms with Crippen LogP contribution in [0.4, 0.5) is 10.5 Å². The molecule has 4 nitrogen and oxygen atoms in total. The molecule has 0 aliphatic carbocycles. The number of nitrogens with zero attached hydrogens (tertiary/aromatic N) is 1. The van der Waals surface area contributed by atoms with Gasteiger partial charge in [-0.2, -0.15) is 0 Å². The molecule has 1 aromatic carbocycles. The summed E-state index contributed by atoms with van der Waals surface area (Å²) in [4.78, 5) is 14.4. The van der Waals surface area contributed by atoms with Gasteiger partial charge in [-0.25, -0.2) is 4.79 Å². The van der Waals surface area contributed by atoms with Crippen LogP contribution in [-0.2, 0) is 0 Å². The second-order valence-corrected chi connectivity index (χ2v) is 8.42. The Hall–Kier alpha value is -1.71. The van der Waals surface area contributed by atoms with E-state index in [4.69, 9.17) is 0 Å². The Balaban J connectivity index is 2.46. The molecule has 0 bridgehead atoms. The third-order valence-corrected chi connectivity index (χ3v) is 3.84. The number of anilines is 1. The number of hydrogen-bond donors (Lipinski definition) is 2. The van der Waals surface area contributed by atoms with Gasteiger partial charge in [-0.05, 0) is 57.2 Å². The van der Waals surface area contributed by atoms with Crippen molar-refractivity contribution < 1.29 is 4.79 Å². The lowest BCUT2D eigenvalue weighted by Gasteiger charge is -2.33. The molecule has 0 radical (unpaired) electrons. The van der Waals surface area contributed by atoms with Gasteiger partial charge in [-0.1, -0.05) is 32.9 Å². The first kappa shape index (κ1) is 20.3. The Labute approximate surface area is 148 Å². The van der Waals surface area contributed by atoms with Crippen LogP contribution >= 0.6 is 0 Å². The van der Waals surface area contributed by atoms with E-state index < -0.39 is 0 Å². The fourth-order valence-corrected chi connectivity index (χ4v) is 3.32. The average molecular weight is 334 g/mol. The SMILES string of the molecule is CCN(CCNC(=O)NC(C)(C)CC(C)(C)C)c1cccc(C)c1. The maximum absolute atomic E-state index is 12.2. The smallest absolute Gasteiger partial charge is 0.315 e. The van der Waals surface area contributed by atoms with Crippen LogP contribution in [0, 0.1) is 12.3 Å². The Morgan fingerprint density at radius 1 is 1.17 bits per heavy atom. The molecule has 0 saturated carbocycles. The first-order valence-electron chi connectivity index (χ1n) is 8.90. The molecular formula is C20H35N3O. The molecule has 136 valence electrons. The molecule has 0 spiro atoms. The summed E-state index contributed by atoms with van der Waals surface area (Å²) in [6.45, 7) is 17.3. The molecule has 0 aliphatic rings. The molecule has 1 rings (SSSR count). The number of amides is 2. The van der Waals surface area contributed by atoms with Crippen molar-refractivity contribution in [3.63, 3.8) is 0 Å².